The first kappa shape index (κ1) is 15.1. The van der Waals surface area contributed by atoms with Gasteiger partial charge in [0.05, 0.1) is 12.1 Å². The zero-order chi connectivity index (χ0) is 13.5. The second-order valence-corrected chi connectivity index (χ2v) is 5.46. The van der Waals surface area contributed by atoms with Crippen molar-refractivity contribution in [3.8, 4) is 0 Å². The maximum atomic E-state index is 11.9. The molecule has 0 aromatic heterocycles. The molecule has 0 aliphatic carbocycles. The molecule has 1 aromatic carbocycles. The van der Waals surface area contributed by atoms with E-state index in [2.05, 4.69) is 5.32 Å². The number of aryl methyl sites for hydroxylation is 1. The van der Waals surface area contributed by atoms with Gasteiger partial charge in [0, 0.05) is 0 Å². The summed E-state index contributed by atoms with van der Waals surface area (Å²) < 4.78 is 0. The predicted octanol–water partition coefficient (Wildman–Crippen LogP) is 2.25. The van der Waals surface area contributed by atoms with Gasteiger partial charge in [-0.15, -0.1) is 0 Å². The van der Waals surface area contributed by atoms with Crippen LogP contribution in [0.2, 0.25) is 0 Å². The van der Waals surface area contributed by atoms with Crippen molar-refractivity contribution in [1.29, 1.82) is 0 Å². The first-order valence-electron chi connectivity index (χ1n) is 6.16. The first-order valence-corrected chi connectivity index (χ1v) is 7.56. The summed E-state index contributed by atoms with van der Waals surface area (Å²) >= 11 is 1.71. The van der Waals surface area contributed by atoms with Crippen LogP contribution < -0.4 is 11.1 Å². The van der Waals surface area contributed by atoms with Crippen molar-refractivity contribution in [2.45, 2.75) is 32.4 Å². The number of hydrogen-bond donors (Lipinski definition) is 2. The van der Waals surface area contributed by atoms with Crippen LogP contribution in [0.1, 0.15) is 30.5 Å². The lowest BCUT2D eigenvalue weighted by Gasteiger charge is -2.19. The van der Waals surface area contributed by atoms with Crippen molar-refractivity contribution >= 4 is 17.7 Å². The smallest absolute Gasteiger partial charge is 0.237 e. The molecule has 0 saturated heterocycles. The van der Waals surface area contributed by atoms with Crippen molar-refractivity contribution in [2.24, 2.45) is 5.73 Å². The number of hydrogen-bond acceptors (Lipinski definition) is 3. The van der Waals surface area contributed by atoms with Gasteiger partial charge < -0.3 is 11.1 Å². The van der Waals surface area contributed by atoms with Gasteiger partial charge in [-0.05, 0) is 43.4 Å². The number of nitrogens with one attached hydrogen (secondary N) is 1. The number of rotatable bonds is 6. The third-order valence-corrected chi connectivity index (χ3v) is 3.63. The van der Waals surface area contributed by atoms with Crippen LogP contribution in [0.3, 0.4) is 0 Å². The minimum Gasteiger partial charge on any atom is -0.348 e. The zero-order valence-electron chi connectivity index (χ0n) is 11.3. The topological polar surface area (TPSA) is 55.1 Å². The van der Waals surface area contributed by atoms with E-state index in [-0.39, 0.29) is 11.9 Å². The average molecular weight is 266 g/mol. The third-order valence-electron chi connectivity index (χ3n) is 2.98. The van der Waals surface area contributed by atoms with Gasteiger partial charge in [-0.2, -0.15) is 11.8 Å². The molecule has 100 valence electrons. The Morgan fingerprint density at radius 2 is 2.11 bits per heavy atom. The highest BCUT2D eigenvalue weighted by molar-refractivity contribution is 7.98. The Bertz CT molecular complexity index is 395. The molecule has 0 fully saturated rings. The number of benzene rings is 1. The summed E-state index contributed by atoms with van der Waals surface area (Å²) in [5, 5.41) is 2.97. The molecule has 3 nitrogen and oxygen atoms in total. The Morgan fingerprint density at radius 1 is 1.44 bits per heavy atom. The summed E-state index contributed by atoms with van der Waals surface area (Å²) in [6.07, 6.45) is 2.73. The summed E-state index contributed by atoms with van der Waals surface area (Å²) in [7, 11) is 0. The summed E-state index contributed by atoms with van der Waals surface area (Å²) in [4.78, 5) is 11.9. The number of carbonyl (C=O) groups excluding carboxylic acids is 1. The van der Waals surface area contributed by atoms with E-state index in [4.69, 9.17) is 5.73 Å². The average Bonchev–Trinajstić information content (AvgIpc) is 2.36. The first-order chi connectivity index (χ1) is 8.56. The maximum Gasteiger partial charge on any atom is 0.237 e. The molecule has 1 amide bonds. The fourth-order valence-electron chi connectivity index (χ4n) is 1.85. The van der Waals surface area contributed by atoms with Crippen LogP contribution in [0.15, 0.2) is 24.3 Å². The van der Waals surface area contributed by atoms with Gasteiger partial charge in [0.2, 0.25) is 5.91 Å². The SMILES string of the molecule is CSCC[C@@H](N)C(=O)N[C@H](C)c1ccccc1C. The molecule has 18 heavy (non-hydrogen) atoms. The number of nitrogens with two attached hydrogens (primary N) is 1. The molecule has 0 unspecified atom stereocenters. The molecule has 0 aliphatic rings. The second-order valence-electron chi connectivity index (χ2n) is 4.47. The molecular weight excluding hydrogens is 244 g/mol. The molecular formula is C14H22N2OS. The molecule has 1 rings (SSSR count). The minimum atomic E-state index is -0.413. The third kappa shape index (κ3) is 4.35. The summed E-state index contributed by atoms with van der Waals surface area (Å²) in [6.45, 7) is 4.03. The van der Waals surface area contributed by atoms with Gasteiger partial charge in [0.1, 0.15) is 0 Å². The van der Waals surface area contributed by atoms with E-state index in [1.54, 1.807) is 11.8 Å². The van der Waals surface area contributed by atoms with E-state index in [1.807, 2.05) is 44.4 Å². The fourth-order valence-corrected chi connectivity index (χ4v) is 2.34. The molecule has 0 saturated carbocycles. The van der Waals surface area contributed by atoms with E-state index < -0.39 is 6.04 Å². The van der Waals surface area contributed by atoms with Crippen LogP contribution in [0.5, 0.6) is 0 Å². The minimum absolute atomic E-state index is 0.000899. The monoisotopic (exact) mass is 266 g/mol. The van der Waals surface area contributed by atoms with Crippen molar-refractivity contribution in [2.75, 3.05) is 12.0 Å². The predicted molar refractivity (Wildman–Crippen MR) is 78.7 cm³/mol. The van der Waals surface area contributed by atoms with E-state index >= 15 is 0 Å². The van der Waals surface area contributed by atoms with Crippen LogP contribution >= 0.6 is 11.8 Å². The molecule has 4 heteroatoms. The molecule has 0 aliphatic heterocycles. The Kier molecular flexibility index (Phi) is 6.22. The zero-order valence-corrected chi connectivity index (χ0v) is 12.1. The van der Waals surface area contributed by atoms with E-state index in [0.29, 0.717) is 6.42 Å². The molecule has 0 spiro atoms. The quantitative estimate of drug-likeness (QED) is 0.830. The standard InChI is InChI=1S/C14H22N2OS/c1-10-6-4-5-7-12(10)11(2)16-14(17)13(15)8-9-18-3/h4-7,11,13H,8-9,15H2,1-3H3,(H,16,17)/t11-,13-/m1/s1. The van der Waals surface area contributed by atoms with Gasteiger partial charge in [0.25, 0.3) is 0 Å². The van der Waals surface area contributed by atoms with Crippen LogP contribution in [-0.4, -0.2) is 24.0 Å². The Morgan fingerprint density at radius 3 is 2.72 bits per heavy atom. The highest BCUT2D eigenvalue weighted by atomic mass is 32.2. The van der Waals surface area contributed by atoms with Crippen LogP contribution in [0.25, 0.3) is 0 Å². The summed E-state index contributed by atoms with van der Waals surface area (Å²) in [5.74, 6) is 0.840. The number of amides is 1. The summed E-state index contributed by atoms with van der Waals surface area (Å²) in [6, 6.07) is 7.65. The van der Waals surface area contributed by atoms with Gasteiger partial charge >= 0.3 is 0 Å². The van der Waals surface area contributed by atoms with Crippen LogP contribution in [0, 0.1) is 6.92 Å². The Balaban J connectivity index is 2.57. The largest absolute Gasteiger partial charge is 0.348 e. The normalized spacial score (nSPS) is 14.0. The van der Waals surface area contributed by atoms with Crippen LogP contribution in [0.4, 0.5) is 0 Å². The number of carbonyl (C=O) groups is 1. The molecule has 1 aromatic rings. The van der Waals surface area contributed by atoms with Crippen molar-refractivity contribution < 1.29 is 4.79 Å². The lowest BCUT2D eigenvalue weighted by molar-refractivity contribution is -0.123. The highest BCUT2D eigenvalue weighted by Gasteiger charge is 2.16. The van der Waals surface area contributed by atoms with Crippen LogP contribution in [-0.2, 0) is 4.79 Å². The highest BCUT2D eigenvalue weighted by Crippen LogP contribution is 2.16. The Labute approximate surface area is 114 Å². The van der Waals surface area contributed by atoms with E-state index in [1.165, 1.54) is 5.56 Å². The lowest BCUT2D eigenvalue weighted by atomic mass is 10.0. The van der Waals surface area contributed by atoms with Crippen molar-refractivity contribution in [3.63, 3.8) is 0 Å². The molecule has 2 atom stereocenters. The van der Waals surface area contributed by atoms with Crippen molar-refractivity contribution in [3.05, 3.63) is 35.4 Å². The van der Waals surface area contributed by atoms with Gasteiger partial charge in [0.15, 0.2) is 0 Å². The second kappa shape index (κ2) is 7.44. The van der Waals surface area contributed by atoms with E-state index in [0.717, 1.165) is 11.3 Å². The number of thioether (sulfide) groups is 1. The van der Waals surface area contributed by atoms with Gasteiger partial charge in [-0.1, -0.05) is 24.3 Å². The molecule has 0 heterocycles. The Hall–Kier alpha value is -1.00. The van der Waals surface area contributed by atoms with Gasteiger partial charge in [-0.25, -0.2) is 0 Å². The fraction of sp³-hybridized carbons (Fsp3) is 0.500. The lowest BCUT2D eigenvalue weighted by Crippen LogP contribution is -2.42. The van der Waals surface area contributed by atoms with E-state index in [9.17, 15) is 4.79 Å². The molecule has 3 N–H and O–H groups in total. The van der Waals surface area contributed by atoms with Gasteiger partial charge in [-0.3, -0.25) is 4.79 Å². The molecule has 0 radical (unpaired) electrons. The van der Waals surface area contributed by atoms with Crippen molar-refractivity contribution in [1.82, 2.24) is 5.32 Å². The summed E-state index contributed by atoms with van der Waals surface area (Å²) in [5.41, 5.74) is 8.17. The molecule has 0 bridgehead atoms. The maximum absolute atomic E-state index is 11.9.